The standard InChI is InChI=1S/C20H18ClF2NO6/c1-11(24-18(26)13-5-3-4-6-14(13)21)19(27)29-10-15(25)12-7-8-16(30-20(22)23)17(9-12)28-2/h3-9,11,20H,10H2,1-2H3,(H,24,26)/t11-/m1/s1. The second-order valence-electron chi connectivity index (χ2n) is 5.95. The molecular weight excluding hydrogens is 424 g/mol. The number of carbonyl (C=O) groups excluding carboxylic acids is 3. The molecule has 2 aromatic carbocycles. The number of halogens is 3. The minimum Gasteiger partial charge on any atom is -0.493 e. The second kappa shape index (κ2) is 10.5. The first-order valence-electron chi connectivity index (χ1n) is 8.61. The molecule has 30 heavy (non-hydrogen) atoms. The number of nitrogens with one attached hydrogen (secondary N) is 1. The normalized spacial score (nSPS) is 11.5. The number of Topliss-reactive ketones (excluding diaryl/α,β-unsaturated/α-hetero) is 1. The van der Waals surface area contributed by atoms with Gasteiger partial charge in [0.2, 0.25) is 0 Å². The van der Waals surface area contributed by atoms with E-state index in [4.69, 9.17) is 21.1 Å². The number of alkyl halides is 2. The van der Waals surface area contributed by atoms with Crippen molar-refractivity contribution < 1.29 is 37.4 Å². The van der Waals surface area contributed by atoms with E-state index in [0.717, 1.165) is 6.07 Å². The van der Waals surface area contributed by atoms with Gasteiger partial charge >= 0.3 is 12.6 Å². The van der Waals surface area contributed by atoms with Crippen LogP contribution in [0.1, 0.15) is 27.6 Å². The molecule has 0 aliphatic rings. The smallest absolute Gasteiger partial charge is 0.387 e. The molecule has 0 heterocycles. The Morgan fingerprint density at radius 3 is 2.43 bits per heavy atom. The Balaban J connectivity index is 1.94. The minimum atomic E-state index is -3.05. The fourth-order valence-corrected chi connectivity index (χ4v) is 2.58. The van der Waals surface area contributed by atoms with E-state index in [1.165, 1.54) is 38.3 Å². The van der Waals surface area contributed by atoms with Crippen molar-refractivity contribution in [3.05, 3.63) is 58.6 Å². The van der Waals surface area contributed by atoms with Gasteiger partial charge in [0.1, 0.15) is 6.04 Å². The van der Waals surface area contributed by atoms with E-state index in [-0.39, 0.29) is 27.6 Å². The highest BCUT2D eigenvalue weighted by molar-refractivity contribution is 6.33. The lowest BCUT2D eigenvalue weighted by Gasteiger charge is -2.14. The number of esters is 1. The second-order valence-corrected chi connectivity index (χ2v) is 6.36. The van der Waals surface area contributed by atoms with E-state index in [0.29, 0.717) is 0 Å². The van der Waals surface area contributed by atoms with Gasteiger partial charge in [-0.15, -0.1) is 0 Å². The molecule has 1 amide bonds. The summed E-state index contributed by atoms with van der Waals surface area (Å²) in [5, 5.41) is 2.65. The molecule has 0 unspecified atom stereocenters. The van der Waals surface area contributed by atoms with Crippen molar-refractivity contribution in [1.82, 2.24) is 5.32 Å². The van der Waals surface area contributed by atoms with E-state index >= 15 is 0 Å². The Morgan fingerprint density at radius 2 is 1.80 bits per heavy atom. The Hall–Kier alpha value is -3.20. The Morgan fingerprint density at radius 1 is 1.10 bits per heavy atom. The summed E-state index contributed by atoms with van der Waals surface area (Å²) in [5.74, 6) is -2.33. The van der Waals surface area contributed by atoms with Crippen molar-refractivity contribution in [2.75, 3.05) is 13.7 Å². The van der Waals surface area contributed by atoms with Crippen LogP contribution in [0.2, 0.25) is 5.02 Å². The first kappa shape index (κ1) is 23.1. The van der Waals surface area contributed by atoms with Gasteiger partial charge in [0.05, 0.1) is 17.7 Å². The van der Waals surface area contributed by atoms with Crippen molar-refractivity contribution in [3.63, 3.8) is 0 Å². The van der Waals surface area contributed by atoms with E-state index in [2.05, 4.69) is 10.1 Å². The molecule has 10 heteroatoms. The molecule has 0 aliphatic heterocycles. The molecular formula is C20H18ClF2NO6. The van der Waals surface area contributed by atoms with Crippen LogP contribution in [0.3, 0.4) is 0 Å². The molecule has 0 saturated carbocycles. The molecule has 7 nitrogen and oxygen atoms in total. The van der Waals surface area contributed by atoms with Gasteiger partial charge in [-0.25, -0.2) is 4.79 Å². The quantitative estimate of drug-likeness (QED) is 0.473. The molecule has 0 spiro atoms. The molecule has 0 aromatic heterocycles. The Bertz CT molecular complexity index is 937. The average molecular weight is 442 g/mol. The van der Waals surface area contributed by atoms with Gasteiger partial charge in [-0.1, -0.05) is 23.7 Å². The number of methoxy groups -OCH3 is 1. The lowest BCUT2D eigenvalue weighted by molar-refractivity contribution is -0.144. The lowest BCUT2D eigenvalue weighted by Crippen LogP contribution is -2.40. The van der Waals surface area contributed by atoms with Crippen LogP contribution < -0.4 is 14.8 Å². The number of ether oxygens (including phenoxy) is 3. The third-order valence-corrected chi connectivity index (χ3v) is 4.20. The number of hydrogen-bond donors (Lipinski definition) is 1. The molecule has 0 fully saturated rings. The molecule has 0 radical (unpaired) electrons. The molecule has 1 N–H and O–H groups in total. The molecule has 0 bridgehead atoms. The molecule has 2 rings (SSSR count). The predicted molar refractivity (Wildman–Crippen MR) is 103 cm³/mol. The summed E-state index contributed by atoms with van der Waals surface area (Å²) in [4.78, 5) is 36.5. The van der Waals surface area contributed by atoms with E-state index in [1.54, 1.807) is 12.1 Å². The van der Waals surface area contributed by atoms with Crippen LogP contribution in [-0.2, 0) is 9.53 Å². The van der Waals surface area contributed by atoms with Crippen molar-refractivity contribution in [3.8, 4) is 11.5 Å². The number of carbonyl (C=O) groups is 3. The van der Waals surface area contributed by atoms with Gasteiger partial charge in [0.25, 0.3) is 5.91 Å². The summed E-state index contributed by atoms with van der Waals surface area (Å²) < 4.78 is 38.8. The summed E-state index contributed by atoms with van der Waals surface area (Å²) >= 11 is 5.93. The first-order chi connectivity index (χ1) is 14.2. The summed E-state index contributed by atoms with van der Waals surface area (Å²) in [6.07, 6.45) is 0. The zero-order valence-electron chi connectivity index (χ0n) is 16.0. The number of amides is 1. The number of hydrogen-bond acceptors (Lipinski definition) is 6. The fourth-order valence-electron chi connectivity index (χ4n) is 2.36. The van der Waals surface area contributed by atoms with Crippen LogP contribution in [0.25, 0.3) is 0 Å². The maximum absolute atomic E-state index is 12.4. The highest BCUT2D eigenvalue weighted by Gasteiger charge is 2.21. The number of ketones is 1. The summed E-state index contributed by atoms with van der Waals surface area (Å²) in [7, 11) is 1.23. The summed E-state index contributed by atoms with van der Waals surface area (Å²) in [5.41, 5.74) is 0.252. The molecule has 0 saturated heterocycles. The van der Waals surface area contributed by atoms with Crippen molar-refractivity contribution >= 4 is 29.3 Å². The van der Waals surface area contributed by atoms with Crippen LogP contribution in [0.4, 0.5) is 8.78 Å². The molecule has 1 atom stereocenters. The van der Waals surface area contributed by atoms with Gasteiger partial charge in [-0.2, -0.15) is 8.78 Å². The topological polar surface area (TPSA) is 90.9 Å². The Labute approximate surface area is 175 Å². The summed E-state index contributed by atoms with van der Waals surface area (Å²) in [6.45, 7) is -2.28. The van der Waals surface area contributed by atoms with E-state index < -0.39 is 36.9 Å². The third kappa shape index (κ3) is 6.15. The third-order valence-electron chi connectivity index (χ3n) is 3.87. The maximum atomic E-state index is 12.4. The summed E-state index contributed by atoms with van der Waals surface area (Å²) in [6, 6.07) is 8.83. The van der Waals surface area contributed by atoms with Gasteiger partial charge in [0.15, 0.2) is 23.9 Å². The highest BCUT2D eigenvalue weighted by Crippen LogP contribution is 2.29. The van der Waals surface area contributed by atoms with Crippen LogP contribution >= 0.6 is 11.6 Å². The van der Waals surface area contributed by atoms with Crippen molar-refractivity contribution in [2.24, 2.45) is 0 Å². The predicted octanol–water partition coefficient (Wildman–Crippen LogP) is 3.49. The van der Waals surface area contributed by atoms with E-state index in [9.17, 15) is 23.2 Å². The van der Waals surface area contributed by atoms with Gasteiger partial charge in [-0.3, -0.25) is 9.59 Å². The van der Waals surface area contributed by atoms with Gasteiger partial charge in [-0.05, 0) is 37.3 Å². The number of rotatable bonds is 9. The number of benzene rings is 2. The van der Waals surface area contributed by atoms with Crippen LogP contribution in [0.5, 0.6) is 11.5 Å². The van der Waals surface area contributed by atoms with Gasteiger partial charge in [0, 0.05) is 5.56 Å². The molecule has 160 valence electrons. The Kier molecular flexibility index (Phi) is 8.11. The van der Waals surface area contributed by atoms with Crippen molar-refractivity contribution in [1.29, 1.82) is 0 Å². The molecule has 0 aliphatic carbocycles. The minimum absolute atomic E-state index is 0.0639. The zero-order chi connectivity index (χ0) is 22.3. The zero-order valence-corrected chi connectivity index (χ0v) is 16.7. The largest absolute Gasteiger partial charge is 0.493 e. The van der Waals surface area contributed by atoms with Crippen molar-refractivity contribution in [2.45, 2.75) is 19.6 Å². The average Bonchev–Trinajstić information content (AvgIpc) is 2.71. The maximum Gasteiger partial charge on any atom is 0.387 e. The fraction of sp³-hybridized carbons (Fsp3) is 0.250. The highest BCUT2D eigenvalue weighted by atomic mass is 35.5. The van der Waals surface area contributed by atoms with Crippen LogP contribution in [0.15, 0.2) is 42.5 Å². The van der Waals surface area contributed by atoms with E-state index in [1.807, 2.05) is 0 Å². The first-order valence-corrected chi connectivity index (χ1v) is 8.98. The lowest BCUT2D eigenvalue weighted by atomic mass is 10.1. The monoisotopic (exact) mass is 441 g/mol. The van der Waals surface area contributed by atoms with Crippen LogP contribution in [-0.4, -0.2) is 44.0 Å². The molecule has 2 aromatic rings. The SMILES string of the molecule is COc1cc(C(=O)COC(=O)[C@@H](C)NC(=O)c2ccccc2Cl)ccc1OC(F)F. The van der Waals surface area contributed by atoms with Crippen LogP contribution in [0, 0.1) is 0 Å². The van der Waals surface area contributed by atoms with Gasteiger partial charge < -0.3 is 19.5 Å².